The van der Waals surface area contributed by atoms with Gasteiger partial charge in [0.25, 0.3) is 0 Å². The van der Waals surface area contributed by atoms with Gasteiger partial charge in [0.2, 0.25) is 11.9 Å². The van der Waals surface area contributed by atoms with Crippen molar-refractivity contribution in [2.24, 2.45) is 5.73 Å². The molecule has 0 spiro atoms. The number of benzene rings is 2. The van der Waals surface area contributed by atoms with E-state index >= 15 is 0 Å². The lowest BCUT2D eigenvalue weighted by Gasteiger charge is -2.38. The quantitative estimate of drug-likeness (QED) is 0.109. The molecule has 0 aliphatic carbocycles. The number of carbonyl (C=O) groups is 2. The smallest absolute Gasteiger partial charge is 0.306 e. The van der Waals surface area contributed by atoms with Crippen molar-refractivity contribution < 1.29 is 19.1 Å². The lowest BCUT2D eigenvalue weighted by atomic mass is 9.85. The summed E-state index contributed by atoms with van der Waals surface area (Å²) >= 11 is 0. The van der Waals surface area contributed by atoms with Crippen molar-refractivity contribution in [2.75, 3.05) is 36.9 Å². The number of primary amides is 1. The second-order valence-corrected chi connectivity index (χ2v) is 10.8. The summed E-state index contributed by atoms with van der Waals surface area (Å²) in [5, 5.41) is 10.2. The number of nitrogens with one attached hydrogen (secondary N) is 3. The van der Waals surface area contributed by atoms with Gasteiger partial charge < -0.3 is 31.2 Å². The van der Waals surface area contributed by atoms with Gasteiger partial charge in [-0.05, 0) is 68.5 Å². The summed E-state index contributed by atoms with van der Waals surface area (Å²) in [6, 6.07) is 16.6. The number of ether oxygens (including phenoxy) is 2. The molecule has 1 saturated heterocycles. The number of hydrogen-bond donors (Lipinski definition) is 4. The number of amides is 1. The van der Waals surface area contributed by atoms with Crippen LogP contribution in [-0.4, -0.2) is 53.7 Å². The molecular weight excluding hydrogens is 556 g/mol. The van der Waals surface area contributed by atoms with E-state index in [4.69, 9.17) is 15.2 Å². The number of anilines is 3. The number of carbonyl (C=O) groups excluding carboxylic acids is 2. The maximum atomic E-state index is 12.5. The van der Waals surface area contributed by atoms with Gasteiger partial charge in [-0.1, -0.05) is 49.1 Å². The summed E-state index contributed by atoms with van der Waals surface area (Å²) in [6.07, 6.45) is 7.05. The third-order valence-electron chi connectivity index (χ3n) is 7.46. The summed E-state index contributed by atoms with van der Waals surface area (Å²) in [5.41, 5.74) is 8.09. The first-order chi connectivity index (χ1) is 21.5. The van der Waals surface area contributed by atoms with E-state index in [1.165, 1.54) is 0 Å². The lowest BCUT2D eigenvalue weighted by molar-refractivity contribution is -0.145. The van der Waals surface area contributed by atoms with Crippen LogP contribution in [0.4, 0.5) is 17.5 Å². The van der Waals surface area contributed by atoms with Crippen LogP contribution in [0, 0.1) is 11.8 Å². The maximum Gasteiger partial charge on any atom is 0.306 e. The fourth-order valence-electron chi connectivity index (χ4n) is 4.88. The second kappa shape index (κ2) is 17.0. The van der Waals surface area contributed by atoms with Crippen molar-refractivity contribution in [2.45, 2.75) is 64.0 Å². The highest BCUT2D eigenvalue weighted by Gasteiger charge is 2.32. The van der Waals surface area contributed by atoms with Crippen LogP contribution in [0.5, 0.6) is 0 Å². The van der Waals surface area contributed by atoms with Crippen molar-refractivity contribution >= 4 is 29.3 Å². The first-order valence-corrected chi connectivity index (χ1v) is 15.3. The molecule has 232 valence electrons. The average molecular weight is 599 g/mol. The van der Waals surface area contributed by atoms with E-state index in [0.717, 1.165) is 62.0 Å². The Bertz CT molecular complexity index is 1410. The van der Waals surface area contributed by atoms with Crippen molar-refractivity contribution in [3.8, 4) is 11.8 Å². The molecular formula is C34H42N6O4. The minimum absolute atomic E-state index is 0.133. The predicted octanol–water partition coefficient (Wildman–Crippen LogP) is 4.94. The van der Waals surface area contributed by atoms with E-state index in [1.807, 2.05) is 30.3 Å². The van der Waals surface area contributed by atoms with Crippen LogP contribution >= 0.6 is 0 Å². The van der Waals surface area contributed by atoms with Crippen LogP contribution in [0.25, 0.3) is 0 Å². The number of unbranched alkanes of at least 4 members (excludes halogenated alkanes) is 1. The van der Waals surface area contributed by atoms with Crippen LogP contribution in [0.2, 0.25) is 0 Å². The molecule has 4 rings (SSSR count). The van der Waals surface area contributed by atoms with Crippen LogP contribution in [0.15, 0.2) is 60.8 Å². The van der Waals surface area contributed by atoms with E-state index in [-0.39, 0.29) is 11.5 Å². The Morgan fingerprint density at radius 1 is 1.07 bits per heavy atom. The number of aromatic nitrogens is 2. The molecule has 10 nitrogen and oxygen atoms in total. The van der Waals surface area contributed by atoms with Crippen molar-refractivity contribution in [1.29, 1.82) is 0 Å². The summed E-state index contributed by atoms with van der Waals surface area (Å²) in [4.78, 5) is 32.8. The first-order valence-electron chi connectivity index (χ1n) is 15.3. The molecule has 0 bridgehead atoms. The normalized spacial score (nSPS) is 13.8. The van der Waals surface area contributed by atoms with Gasteiger partial charge in [0.15, 0.2) is 0 Å². The molecule has 0 radical (unpaired) electrons. The summed E-state index contributed by atoms with van der Waals surface area (Å²) in [5.74, 6) is 6.93. The van der Waals surface area contributed by atoms with Gasteiger partial charge >= 0.3 is 5.97 Å². The molecule has 2 heterocycles. The fourth-order valence-corrected chi connectivity index (χ4v) is 4.88. The number of esters is 1. The Kier molecular flexibility index (Phi) is 12.5. The summed E-state index contributed by atoms with van der Waals surface area (Å²) in [6.45, 7) is 5.31. The van der Waals surface area contributed by atoms with Crippen molar-refractivity contribution in [3.63, 3.8) is 0 Å². The molecule has 0 atom stereocenters. The maximum absolute atomic E-state index is 12.5. The highest BCUT2D eigenvalue weighted by atomic mass is 16.5. The molecule has 1 aliphatic rings. The molecule has 1 aromatic heterocycles. The van der Waals surface area contributed by atoms with Gasteiger partial charge in [-0.2, -0.15) is 4.98 Å². The van der Waals surface area contributed by atoms with Gasteiger partial charge in [-0.25, -0.2) is 4.98 Å². The first kappa shape index (κ1) is 32.5. The Labute approximate surface area is 259 Å². The highest BCUT2D eigenvalue weighted by Crippen LogP contribution is 2.26. The van der Waals surface area contributed by atoms with Crippen LogP contribution < -0.4 is 21.7 Å². The second-order valence-electron chi connectivity index (χ2n) is 10.8. The highest BCUT2D eigenvalue weighted by molar-refractivity contribution is 5.93. The molecule has 5 N–H and O–H groups in total. The van der Waals surface area contributed by atoms with Gasteiger partial charge in [-0.3, -0.25) is 9.59 Å². The standard InChI is InChI=1S/C34H42N6O4/c1-2-20-36-32-28(24-37-33(40-32)39-29-14-12-27(13-15-29)31(35)42)11-7-4-8-21-38-34(18-22-43-23-19-34)17-16-30(41)44-25-26-9-5-3-6-10-26/h3,5-6,9-10,12-15,24,38H,2,4,8,16-23,25H2,1H3,(H2,35,42)(H2,36,37,39,40). The minimum Gasteiger partial charge on any atom is -0.461 e. The number of nitrogens with zero attached hydrogens (tertiary/aromatic N) is 2. The molecule has 1 fully saturated rings. The summed E-state index contributed by atoms with van der Waals surface area (Å²) < 4.78 is 11.1. The zero-order valence-electron chi connectivity index (χ0n) is 25.4. The Morgan fingerprint density at radius 2 is 1.84 bits per heavy atom. The Morgan fingerprint density at radius 3 is 2.57 bits per heavy atom. The van der Waals surface area contributed by atoms with Crippen LogP contribution in [0.3, 0.4) is 0 Å². The van der Waals surface area contributed by atoms with E-state index in [9.17, 15) is 9.59 Å². The number of rotatable bonds is 15. The van der Waals surface area contributed by atoms with E-state index < -0.39 is 5.91 Å². The van der Waals surface area contributed by atoms with E-state index in [0.29, 0.717) is 50.0 Å². The van der Waals surface area contributed by atoms with Crippen molar-refractivity contribution in [1.82, 2.24) is 15.3 Å². The topological polar surface area (TPSA) is 140 Å². The van der Waals surface area contributed by atoms with E-state index in [2.05, 4.69) is 44.7 Å². The summed E-state index contributed by atoms with van der Waals surface area (Å²) in [7, 11) is 0. The molecule has 3 aromatic rings. The van der Waals surface area contributed by atoms with Gasteiger partial charge in [-0.15, -0.1) is 0 Å². The molecule has 0 saturated carbocycles. The largest absolute Gasteiger partial charge is 0.461 e. The number of nitrogens with two attached hydrogens (primary N) is 1. The van der Waals surface area contributed by atoms with Gasteiger partial charge in [0.1, 0.15) is 12.4 Å². The Balaban J connectivity index is 1.27. The molecule has 2 aromatic carbocycles. The molecule has 1 aliphatic heterocycles. The van der Waals surface area contributed by atoms with Gasteiger partial charge in [0, 0.05) is 49.4 Å². The van der Waals surface area contributed by atoms with Crippen LogP contribution in [-0.2, 0) is 20.9 Å². The predicted molar refractivity (Wildman–Crippen MR) is 171 cm³/mol. The molecule has 1 amide bonds. The van der Waals surface area contributed by atoms with Gasteiger partial charge in [0.05, 0.1) is 11.8 Å². The third kappa shape index (κ3) is 10.4. The molecule has 0 unspecified atom stereocenters. The minimum atomic E-state index is -0.475. The molecule has 44 heavy (non-hydrogen) atoms. The fraction of sp³-hybridized carbons (Fsp3) is 0.412. The third-order valence-corrected chi connectivity index (χ3v) is 7.46. The Hall–Kier alpha value is -4.46. The average Bonchev–Trinajstić information content (AvgIpc) is 3.05. The molecule has 10 heteroatoms. The van der Waals surface area contributed by atoms with Crippen molar-refractivity contribution in [3.05, 3.63) is 77.5 Å². The van der Waals surface area contributed by atoms with Crippen LogP contribution in [0.1, 0.15) is 73.4 Å². The SMILES string of the molecule is CCCNc1nc(Nc2ccc(C(N)=O)cc2)ncc1C#CCCCNC1(CCC(=O)OCc2ccccc2)CCOCC1. The lowest BCUT2D eigenvalue weighted by Crippen LogP contribution is -2.50. The number of hydrogen-bond acceptors (Lipinski definition) is 9. The zero-order chi connectivity index (χ0) is 31.0. The van der Waals surface area contributed by atoms with E-state index in [1.54, 1.807) is 30.5 Å². The monoisotopic (exact) mass is 598 g/mol. The zero-order valence-corrected chi connectivity index (χ0v) is 25.4.